The van der Waals surface area contributed by atoms with E-state index in [2.05, 4.69) is 60.0 Å². The first-order valence-corrected chi connectivity index (χ1v) is 6.20. The van der Waals surface area contributed by atoms with Gasteiger partial charge in [0.05, 0.1) is 0 Å². The van der Waals surface area contributed by atoms with E-state index in [1.54, 1.807) is 0 Å². The normalized spacial score (nSPS) is 21.7. The molecule has 0 spiro atoms. The molecular weight excluding hydrogens is 218 g/mol. The van der Waals surface area contributed by atoms with Crippen molar-refractivity contribution in [3.05, 3.63) is 89.8 Å². The van der Waals surface area contributed by atoms with Crippen LogP contribution in [0, 0.1) is 0 Å². The lowest BCUT2D eigenvalue weighted by Gasteiger charge is -2.14. The van der Waals surface area contributed by atoms with Crippen LogP contribution in [0.15, 0.2) is 84.3 Å². The van der Waals surface area contributed by atoms with Gasteiger partial charge >= 0.3 is 0 Å². The molecule has 0 unspecified atom stereocenters. The lowest BCUT2D eigenvalue weighted by molar-refractivity contribution is 1.04. The molecule has 3 rings (SSSR count). The van der Waals surface area contributed by atoms with Crippen LogP contribution in [0.3, 0.4) is 0 Å². The lowest BCUT2D eigenvalue weighted by atomic mass is 9.95. The minimum Gasteiger partial charge on any atom is -0.361 e. The van der Waals surface area contributed by atoms with Crippen LogP contribution >= 0.6 is 0 Å². The van der Waals surface area contributed by atoms with Gasteiger partial charge in [0.2, 0.25) is 0 Å². The fourth-order valence-corrected chi connectivity index (χ4v) is 2.18. The molecular formula is C17H15N. The molecule has 1 aliphatic carbocycles. The second-order valence-electron chi connectivity index (χ2n) is 4.36. The maximum atomic E-state index is 3.28. The molecule has 0 amide bonds. The maximum absolute atomic E-state index is 3.28. The third-order valence-corrected chi connectivity index (χ3v) is 3.17. The summed E-state index contributed by atoms with van der Waals surface area (Å²) < 4.78 is 0. The molecule has 0 fully saturated rings. The van der Waals surface area contributed by atoms with Gasteiger partial charge in [0.1, 0.15) is 0 Å². The second-order valence-corrected chi connectivity index (χ2v) is 4.36. The summed E-state index contributed by atoms with van der Waals surface area (Å²) in [5.74, 6) is 0. The lowest BCUT2D eigenvalue weighted by Crippen LogP contribution is -2.08. The van der Waals surface area contributed by atoms with Crippen LogP contribution in [0.5, 0.6) is 0 Å². The Morgan fingerprint density at radius 3 is 2.44 bits per heavy atom. The van der Waals surface area contributed by atoms with Crippen molar-refractivity contribution in [3.63, 3.8) is 0 Å². The molecule has 0 radical (unpaired) electrons. The van der Waals surface area contributed by atoms with Gasteiger partial charge in [-0.1, -0.05) is 54.6 Å². The molecule has 0 bridgehead atoms. The summed E-state index contributed by atoms with van der Waals surface area (Å²) in [4.78, 5) is 0. The smallest absolute Gasteiger partial charge is 0.0415 e. The van der Waals surface area contributed by atoms with Crippen LogP contribution in [0.1, 0.15) is 12.0 Å². The molecule has 88 valence electrons. The Morgan fingerprint density at radius 1 is 0.889 bits per heavy atom. The van der Waals surface area contributed by atoms with Crippen molar-refractivity contribution in [1.29, 1.82) is 0 Å². The summed E-state index contributed by atoms with van der Waals surface area (Å²) in [5.41, 5.74) is 5.10. The van der Waals surface area contributed by atoms with Gasteiger partial charge in [-0.25, -0.2) is 0 Å². The predicted molar refractivity (Wildman–Crippen MR) is 76.6 cm³/mol. The number of hydrogen-bond donors (Lipinski definition) is 1. The van der Waals surface area contributed by atoms with Crippen LogP contribution in [-0.2, 0) is 0 Å². The van der Waals surface area contributed by atoms with Gasteiger partial charge in [0.25, 0.3) is 0 Å². The van der Waals surface area contributed by atoms with Crippen LogP contribution in [0.4, 0.5) is 0 Å². The summed E-state index contributed by atoms with van der Waals surface area (Å²) in [6, 6.07) is 10.5. The highest BCUT2D eigenvalue weighted by Gasteiger charge is 2.07. The molecule has 1 heteroatoms. The Hall–Kier alpha value is -2.28. The largest absolute Gasteiger partial charge is 0.361 e. The van der Waals surface area contributed by atoms with Crippen molar-refractivity contribution in [3.8, 4) is 0 Å². The Balaban J connectivity index is 1.83. The Bertz CT molecular complexity index is 583. The minimum absolute atomic E-state index is 0.973. The molecule has 1 aliphatic heterocycles. The fraction of sp³-hybridized carbons (Fsp3) is 0.0588. The van der Waals surface area contributed by atoms with Crippen molar-refractivity contribution < 1.29 is 0 Å². The van der Waals surface area contributed by atoms with Crippen molar-refractivity contribution in [2.45, 2.75) is 6.42 Å². The van der Waals surface area contributed by atoms with Gasteiger partial charge in [0.15, 0.2) is 0 Å². The third-order valence-electron chi connectivity index (χ3n) is 3.17. The Labute approximate surface area is 108 Å². The van der Waals surface area contributed by atoms with E-state index in [-0.39, 0.29) is 0 Å². The topological polar surface area (TPSA) is 12.0 Å². The summed E-state index contributed by atoms with van der Waals surface area (Å²) in [6.45, 7) is 0. The molecule has 0 saturated carbocycles. The zero-order valence-corrected chi connectivity index (χ0v) is 10.1. The van der Waals surface area contributed by atoms with E-state index >= 15 is 0 Å². The van der Waals surface area contributed by atoms with Crippen molar-refractivity contribution in [2.75, 3.05) is 0 Å². The molecule has 0 saturated heterocycles. The van der Waals surface area contributed by atoms with E-state index in [9.17, 15) is 0 Å². The average Bonchev–Trinajstić information content (AvgIpc) is 2.49. The Kier molecular flexibility index (Phi) is 2.97. The van der Waals surface area contributed by atoms with E-state index in [0.29, 0.717) is 0 Å². The highest BCUT2D eigenvalue weighted by molar-refractivity contribution is 5.76. The highest BCUT2D eigenvalue weighted by Crippen LogP contribution is 2.25. The standard InChI is InChI=1S/C17H15N/c1-2-6-14(7-3-1)15-9-11-16(12-10-15)17-8-4-5-13-18-17/h1-11,13,18H,12H2. The van der Waals surface area contributed by atoms with Crippen molar-refractivity contribution in [2.24, 2.45) is 0 Å². The number of nitrogens with one attached hydrogen (secondary N) is 1. The third kappa shape index (κ3) is 2.21. The van der Waals surface area contributed by atoms with Gasteiger partial charge in [-0.15, -0.1) is 0 Å². The van der Waals surface area contributed by atoms with Gasteiger partial charge in [0, 0.05) is 11.9 Å². The minimum atomic E-state index is 0.973. The average molecular weight is 233 g/mol. The summed E-state index contributed by atoms with van der Waals surface area (Å²) in [5, 5.41) is 3.28. The molecule has 1 heterocycles. The van der Waals surface area contributed by atoms with E-state index in [1.165, 1.54) is 22.4 Å². The summed E-state index contributed by atoms with van der Waals surface area (Å²) in [7, 11) is 0. The first kappa shape index (κ1) is 10.8. The molecule has 18 heavy (non-hydrogen) atoms. The van der Waals surface area contributed by atoms with Crippen molar-refractivity contribution in [1.82, 2.24) is 5.32 Å². The number of rotatable bonds is 1. The molecule has 1 N–H and O–H groups in total. The van der Waals surface area contributed by atoms with Crippen LogP contribution in [0.25, 0.3) is 5.57 Å². The predicted octanol–water partition coefficient (Wildman–Crippen LogP) is 3.96. The molecule has 1 aromatic carbocycles. The zero-order chi connectivity index (χ0) is 12.2. The first-order chi connectivity index (χ1) is 8.93. The van der Waals surface area contributed by atoms with Gasteiger partial charge in [-0.2, -0.15) is 0 Å². The van der Waals surface area contributed by atoms with E-state index in [0.717, 1.165) is 6.42 Å². The molecule has 0 atom stereocenters. The second kappa shape index (κ2) is 4.92. The highest BCUT2D eigenvalue weighted by atomic mass is 14.9. The first-order valence-electron chi connectivity index (χ1n) is 6.20. The van der Waals surface area contributed by atoms with Gasteiger partial charge < -0.3 is 5.32 Å². The number of benzene rings is 1. The zero-order valence-electron chi connectivity index (χ0n) is 10.1. The maximum Gasteiger partial charge on any atom is 0.0415 e. The number of hydrogen-bond acceptors (Lipinski definition) is 1. The SMILES string of the molecule is C1=CNC(=C2C=CC(c3ccccc3)=CC2)C=C1. The van der Waals surface area contributed by atoms with Crippen LogP contribution in [0.2, 0.25) is 0 Å². The Morgan fingerprint density at radius 2 is 1.78 bits per heavy atom. The van der Waals surface area contributed by atoms with E-state index in [4.69, 9.17) is 0 Å². The number of allylic oxidation sites excluding steroid dienone is 8. The van der Waals surface area contributed by atoms with E-state index in [1.807, 2.05) is 18.3 Å². The van der Waals surface area contributed by atoms with Gasteiger partial charge in [-0.05, 0) is 35.3 Å². The summed E-state index contributed by atoms with van der Waals surface area (Å²) >= 11 is 0. The van der Waals surface area contributed by atoms with Gasteiger partial charge in [-0.3, -0.25) is 0 Å². The molecule has 1 nitrogen and oxygen atoms in total. The molecule has 0 aromatic heterocycles. The molecule has 1 aromatic rings. The fourth-order valence-electron chi connectivity index (χ4n) is 2.18. The summed E-state index contributed by atoms with van der Waals surface area (Å²) in [6.07, 6.45) is 15.8. The van der Waals surface area contributed by atoms with Crippen LogP contribution < -0.4 is 5.32 Å². The van der Waals surface area contributed by atoms with E-state index < -0.39 is 0 Å². The van der Waals surface area contributed by atoms with Crippen LogP contribution in [-0.4, -0.2) is 0 Å². The quantitative estimate of drug-likeness (QED) is 0.774. The number of dihydropyridines is 1. The monoisotopic (exact) mass is 233 g/mol. The van der Waals surface area contributed by atoms with Crippen molar-refractivity contribution >= 4 is 5.57 Å². The molecule has 2 aliphatic rings.